The van der Waals surface area contributed by atoms with E-state index in [4.69, 9.17) is 0 Å². The third-order valence-corrected chi connectivity index (χ3v) is 2.23. The van der Waals surface area contributed by atoms with Crippen molar-refractivity contribution in [3.8, 4) is 5.75 Å². The Morgan fingerprint density at radius 1 is 1.37 bits per heavy atom. The van der Waals surface area contributed by atoms with E-state index in [1.54, 1.807) is 26.0 Å². The number of nitrogens with one attached hydrogen (secondary N) is 1. The zero-order valence-corrected chi connectivity index (χ0v) is 10.8. The molecule has 0 aliphatic rings. The largest absolute Gasteiger partial charge is 0.435 e. The molecule has 1 aromatic rings. The first-order valence-corrected chi connectivity index (χ1v) is 5.79. The molecule has 4 nitrogen and oxygen atoms in total. The Bertz CT molecular complexity index is 413. The Hall–Kier alpha value is -1.69. The average Bonchev–Trinajstić information content (AvgIpc) is 2.28. The molecule has 106 valence electrons. The third-order valence-electron chi connectivity index (χ3n) is 2.23. The maximum Gasteiger partial charge on any atom is 0.387 e. The molecule has 0 saturated carbocycles. The maximum atomic E-state index is 11.9. The summed E-state index contributed by atoms with van der Waals surface area (Å²) in [5.41, 5.74) is -0.292. The monoisotopic (exact) mass is 273 g/mol. The number of ether oxygens (including phenoxy) is 1. The highest BCUT2D eigenvalue weighted by Crippen LogP contribution is 2.15. The Kier molecular flexibility index (Phi) is 5.23. The van der Waals surface area contributed by atoms with E-state index in [1.165, 1.54) is 12.1 Å². The molecule has 1 aromatic carbocycles. The normalized spacial score (nSPS) is 11.5. The van der Waals surface area contributed by atoms with Crippen LogP contribution in [0.5, 0.6) is 5.75 Å². The lowest BCUT2D eigenvalue weighted by Crippen LogP contribution is -2.38. The summed E-state index contributed by atoms with van der Waals surface area (Å²) in [6, 6.07) is 5.85. The van der Waals surface area contributed by atoms with Crippen molar-refractivity contribution in [1.29, 1.82) is 0 Å². The lowest BCUT2D eigenvalue weighted by atomic mass is 10.1. The molecule has 0 fully saturated rings. The van der Waals surface area contributed by atoms with Crippen LogP contribution < -0.4 is 10.1 Å². The van der Waals surface area contributed by atoms with Gasteiger partial charge in [0.1, 0.15) is 5.75 Å². The number of rotatable bonds is 6. The fraction of sp³-hybridized carbons (Fsp3) is 0.462. The van der Waals surface area contributed by atoms with Crippen molar-refractivity contribution in [2.75, 3.05) is 6.54 Å². The van der Waals surface area contributed by atoms with E-state index in [0.717, 1.165) is 0 Å². The highest BCUT2D eigenvalue weighted by Gasteiger charge is 2.14. The number of carbonyl (C=O) groups is 1. The number of aliphatic hydroxyl groups is 1. The predicted octanol–water partition coefficient (Wildman–Crippen LogP) is 1.72. The first kappa shape index (κ1) is 15.4. The first-order chi connectivity index (χ1) is 8.76. The minimum absolute atomic E-state index is 0.0515. The summed E-state index contributed by atoms with van der Waals surface area (Å²) in [4.78, 5) is 11.5. The van der Waals surface area contributed by atoms with Gasteiger partial charge in [0.05, 0.1) is 12.0 Å². The molecule has 0 bridgehead atoms. The summed E-state index contributed by atoms with van der Waals surface area (Å²) in [6.07, 6.45) is 0.116. The van der Waals surface area contributed by atoms with E-state index < -0.39 is 12.2 Å². The summed E-state index contributed by atoms with van der Waals surface area (Å²) in [7, 11) is 0. The van der Waals surface area contributed by atoms with E-state index in [2.05, 4.69) is 10.1 Å². The van der Waals surface area contributed by atoms with Crippen LogP contribution in [0, 0.1) is 0 Å². The molecule has 0 saturated heterocycles. The molecular weight excluding hydrogens is 256 g/mol. The van der Waals surface area contributed by atoms with Crippen molar-refractivity contribution in [3.05, 3.63) is 29.8 Å². The van der Waals surface area contributed by atoms with Gasteiger partial charge in [0.15, 0.2) is 0 Å². The standard InChI is InChI=1S/C13H17F2NO3/c1-13(2,18)8-16-11(17)7-9-3-5-10(6-4-9)19-12(14)15/h3-6,12,18H,7-8H2,1-2H3,(H,16,17). The van der Waals surface area contributed by atoms with Gasteiger partial charge in [0, 0.05) is 6.54 Å². The van der Waals surface area contributed by atoms with Crippen molar-refractivity contribution >= 4 is 5.91 Å². The van der Waals surface area contributed by atoms with Gasteiger partial charge in [-0.2, -0.15) is 8.78 Å². The Labute approximate surface area is 110 Å². The zero-order chi connectivity index (χ0) is 14.5. The van der Waals surface area contributed by atoms with Crippen LogP contribution in [0.15, 0.2) is 24.3 Å². The minimum Gasteiger partial charge on any atom is -0.435 e. The molecular formula is C13H17F2NO3. The van der Waals surface area contributed by atoms with Crippen LogP contribution in [0.1, 0.15) is 19.4 Å². The van der Waals surface area contributed by atoms with Crippen molar-refractivity contribution in [2.24, 2.45) is 0 Å². The van der Waals surface area contributed by atoms with Gasteiger partial charge in [0.2, 0.25) is 5.91 Å². The smallest absolute Gasteiger partial charge is 0.387 e. The van der Waals surface area contributed by atoms with Gasteiger partial charge < -0.3 is 15.2 Å². The van der Waals surface area contributed by atoms with E-state index >= 15 is 0 Å². The highest BCUT2D eigenvalue weighted by atomic mass is 19.3. The fourth-order valence-electron chi connectivity index (χ4n) is 1.35. The Morgan fingerprint density at radius 3 is 2.42 bits per heavy atom. The zero-order valence-electron chi connectivity index (χ0n) is 10.8. The lowest BCUT2D eigenvalue weighted by Gasteiger charge is -2.17. The molecule has 19 heavy (non-hydrogen) atoms. The van der Waals surface area contributed by atoms with Crippen molar-refractivity contribution in [1.82, 2.24) is 5.32 Å². The number of hydrogen-bond acceptors (Lipinski definition) is 3. The molecule has 1 rings (SSSR count). The summed E-state index contributed by atoms with van der Waals surface area (Å²) in [5, 5.41) is 12.0. The van der Waals surface area contributed by atoms with Crippen molar-refractivity contribution in [2.45, 2.75) is 32.5 Å². The molecule has 0 aliphatic heterocycles. The molecule has 0 aliphatic carbocycles. The van der Waals surface area contributed by atoms with E-state index in [0.29, 0.717) is 5.56 Å². The summed E-state index contributed by atoms with van der Waals surface area (Å²) in [5.74, 6) is -0.194. The Morgan fingerprint density at radius 2 is 1.95 bits per heavy atom. The van der Waals surface area contributed by atoms with Gasteiger partial charge in [-0.05, 0) is 31.5 Å². The van der Waals surface area contributed by atoms with Gasteiger partial charge >= 0.3 is 6.61 Å². The number of benzene rings is 1. The second-order valence-corrected chi connectivity index (χ2v) is 4.79. The maximum absolute atomic E-state index is 11.9. The molecule has 1 amide bonds. The first-order valence-electron chi connectivity index (χ1n) is 5.79. The molecule has 0 spiro atoms. The van der Waals surface area contributed by atoms with Crippen molar-refractivity contribution < 1.29 is 23.4 Å². The van der Waals surface area contributed by atoms with Crippen LogP contribution in [0.25, 0.3) is 0 Å². The number of halogens is 2. The molecule has 0 radical (unpaired) electrons. The SMILES string of the molecule is CC(C)(O)CNC(=O)Cc1ccc(OC(F)F)cc1. The fourth-order valence-corrected chi connectivity index (χ4v) is 1.35. The van der Waals surface area contributed by atoms with Crippen LogP contribution in [0.3, 0.4) is 0 Å². The quantitative estimate of drug-likeness (QED) is 0.829. The minimum atomic E-state index is -2.86. The van der Waals surface area contributed by atoms with E-state index in [1.807, 2.05) is 0 Å². The van der Waals surface area contributed by atoms with Gasteiger partial charge in [-0.3, -0.25) is 4.79 Å². The molecule has 2 N–H and O–H groups in total. The summed E-state index contributed by atoms with van der Waals surface area (Å²) < 4.78 is 28.1. The van der Waals surface area contributed by atoms with Crippen LogP contribution in [0.4, 0.5) is 8.78 Å². The number of hydrogen-bond donors (Lipinski definition) is 2. The number of alkyl halides is 2. The second kappa shape index (κ2) is 6.47. The lowest BCUT2D eigenvalue weighted by molar-refractivity contribution is -0.121. The Balaban J connectivity index is 2.47. The second-order valence-electron chi connectivity index (χ2n) is 4.79. The van der Waals surface area contributed by atoms with Gasteiger partial charge in [0.25, 0.3) is 0 Å². The highest BCUT2D eigenvalue weighted by molar-refractivity contribution is 5.78. The molecule has 6 heteroatoms. The molecule has 0 aromatic heterocycles. The molecule has 0 atom stereocenters. The molecule has 0 unspecified atom stereocenters. The van der Waals surface area contributed by atoms with Crippen LogP contribution in [0.2, 0.25) is 0 Å². The van der Waals surface area contributed by atoms with Gasteiger partial charge in [-0.15, -0.1) is 0 Å². The van der Waals surface area contributed by atoms with Crippen LogP contribution in [-0.4, -0.2) is 29.8 Å². The molecule has 0 heterocycles. The topological polar surface area (TPSA) is 58.6 Å². The van der Waals surface area contributed by atoms with E-state index in [-0.39, 0.29) is 24.6 Å². The van der Waals surface area contributed by atoms with Gasteiger partial charge in [-0.1, -0.05) is 12.1 Å². The predicted molar refractivity (Wildman–Crippen MR) is 66.1 cm³/mol. The summed E-state index contributed by atoms with van der Waals surface area (Å²) >= 11 is 0. The average molecular weight is 273 g/mol. The van der Waals surface area contributed by atoms with Crippen molar-refractivity contribution in [3.63, 3.8) is 0 Å². The van der Waals surface area contributed by atoms with E-state index in [9.17, 15) is 18.7 Å². The summed E-state index contributed by atoms with van der Waals surface area (Å²) in [6.45, 7) is 0.465. The third kappa shape index (κ3) is 6.71. The van der Waals surface area contributed by atoms with Crippen LogP contribution in [-0.2, 0) is 11.2 Å². The number of carbonyl (C=O) groups excluding carboxylic acids is 1. The van der Waals surface area contributed by atoms with Gasteiger partial charge in [-0.25, -0.2) is 0 Å². The number of amides is 1. The van der Waals surface area contributed by atoms with Crippen LogP contribution >= 0.6 is 0 Å².